The summed E-state index contributed by atoms with van der Waals surface area (Å²) in [5.74, 6) is 1.94. The third-order valence-electron chi connectivity index (χ3n) is 3.80. The molecule has 2 rings (SSSR count). The molecule has 1 aromatic rings. The molecule has 0 amide bonds. The van der Waals surface area contributed by atoms with Crippen LogP contribution in [-0.4, -0.2) is 11.5 Å². The minimum atomic E-state index is -4.31. The average Bonchev–Trinajstić information content (AvgIpc) is 2.37. The number of halogens is 3. The summed E-state index contributed by atoms with van der Waals surface area (Å²) in [5.41, 5.74) is -0.704. The fourth-order valence-corrected chi connectivity index (χ4v) is 2.45. The molecule has 0 atom stereocenters. The molecular formula is C14H19F3N2. The molecule has 1 N–H and O–H groups in total. The van der Waals surface area contributed by atoms with Gasteiger partial charge in [0, 0.05) is 12.7 Å². The number of anilines is 1. The van der Waals surface area contributed by atoms with Crippen molar-refractivity contribution in [1.82, 2.24) is 4.98 Å². The Balaban J connectivity index is 1.83. The first-order valence-electron chi connectivity index (χ1n) is 6.72. The molecule has 1 aliphatic rings. The van der Waals surface area contributed by atoms with Crippen LogP contribution in [0.4, 0.5) is 19.0 Å². The summed E-state index contributed by atoms with van der Waals surface area (Å²) < 4.78 is 37.1. The van der Waals surface area contributed by atoms with E-state index in [1.54, 1.807) is 0 Å². The second-order valence-corrected chi connectivity index (χ2v) is 5.44. The van der Waals surface area contributed by atoms with Gasteiger partial charge in [0.1, 0.15) is 5.82 Å². The van der Waals surface area contributed by atoms with Crippen molar-refractivity contribution >= 4 is 5.82 Å². The predicted molar refractivity (Wildman–Crippen MR) is 68.9 cm³/mol. The van der Waals surface area contributed by atoms with Gasteiger partial charge in [0.2, 0.25) is 0 Å². The van der Waals surface area contributed by atoms with Crippen molar-refractivity contribution in [3.8, 4) is 0 Å². The van der Waals surface area contributed by atoms with Crippen LogP contribution in [0.25, 0.3) is 0 Å². The van der Waals surface area contributed by atoms with E-state index in [4.69, 9.17) is 0 Å². The number of nitrogens with one attached hydrogen (secondary N) is 1. The number of alkyl halides is 3. The van der Waals surface area contributed by atoms with Crippen LogP contribution < -0.4 is 5.32 Å². The summed E-state index contributed by atoms with van der Waals surface area (Å²) in [7, 11) is 0. The fraction of sp³-hybridized carbons (Fsp3) is 0.643. The molecule has 0 aliphatic heterocycles. The van der Waals surface area contributed by atoms with Gasteiger partial charge in [-0.1, -0.05) is 19.8 Å². The van der Waals surface area contributed by atoms with Crippen LogP contribution in [0.2, 0.25) is 0 Å². The summed E-state index contributed by atoms with van der Waals surface area (Å²) >= 11 is 0. The molecule has 1 fully saturated rings. The van der Waals surface area contributed by atoms with Gasteiger partial charge in [-0.3, -0.25) is 0 Å². The highest BCUT2D eigenvalue weighted by Crippen LogP contribution is 2.30. The maximum Gasteiger partial charge on any atom is 0.417 e. The molecule has 0 bridgehead atoms. The van der Waals surface area contributed by atoms with Crippen LogP contribution in [0.5, 0.6) is 0 Å². The number of hydrogen-bond donors (Lipinski definition) is 1. The number of rotatable bonds is 3. The standard InChI is InChI=1S/C14H19F3N2/c1-10-2-4-11(5-3-10)8-18-13-7-6-12(9-19-13)14(15,16)17/h6-7,9-11H,2-5,8H2,1H3,(H,18,19). The summed E-state index contributed by atoms with van der Waals surface area (Å²) in [5, 5.41) is 3.13. The highest BCUT2D eigenvalue weighted by molar-refractivity contribution is 5.36. The van der Waals surface area contributed by atoms with Crippen LogP contribution >= 0.6 is 0 Å². The smallest absolute Gasteiger partial charge is 0.370 e. The van der Waals surface area contributed by atoms with E-state index in [-0.39, 0.29) is 0 Å². The zero-order valence-corrected chi connectivity index (χ0v) is 11.0. The second kappa shape index (κ2) is 5.80. The Morgan fingerprint density at radius 2 is 1.89 bits per heavy atom. The molecule has 0 spiro atoms. The molecule has 0 radical (unpaired) electrons. The van der Waals surface area contributed by atoms with Gasteiger partial charge < -0.3 is 5.32 Å². The Labute approximate surface area is 111 Å². The molecule has 0 unspecified atom stereocenters. The SMILES string of the molecule is CC1CCC(CNc2ccc(C(F)(F)F)cn2)CC1. The second-order valence-electron chi connectivity index (χ2n) is 5.44. The average molecular weight is 272 g/mol. The number of pyridine rings is 1. The lowest BCUT2D eigenvalue weighted by Crippen LogP contribution is -2.20. The van der Waals surface area contributed by atoms with E-state index in [0.29, 0.717) is 11.7 Å². The lowest BCUT2D eigenvalue weighted by atomic mass is 9.83. The molecule has 1 saturated carbocycles. The minimum absolute atomic E-state index is 0.520. The largest absolute Gasteiger partial charge is 0.417 e. The zero-order chi connectivity index (χ0) is 13.9. The van der Waals surface area contributed by atoms with Gasteiger partial charge in [-0.25, -0.2) is 4.98 Å². The molecular weight excluding hydrogens is 253 g/mol. The monoisotopic (exact) mass is 272 g/mol. The molecule has 19 heavy (non-hydrogen) atoms. The van der Waals surface area contributed by atoms with Gasteiger partial charge in [0.25, 0.3) is 0 Å². The van der Waals surface area contributed by atoms with E-state index < -0.39 is 11.7 Å². The molecule has 1 heterocycles. The number of aromatic nitrogens is 1. The van der Waals surface area contributed by atoms with Crippen LogP contribution in [0.15, 0.2) is 18.3 Å². The van der Waals surface area contributed by atoms with Crippen molar-refractivity contribution in [3.63, 3.8) is 0 Å². The molecule has 1 aliphatic carbocycles. The highest BCUT2D eigenvalue weighted by Gasteiger charge is 2.30. The summed E-state index contributed by atoms with van der Waals surface area (Å²) in [6.45, 7) is 3.06. The maximum absolute atomic E-state index is 12.4. The van der Waals surface area contributed by atoms with Gasteiger partial charge >= 0.3 is 6.18 Å². The van der Waals surface area contributed by atoms with Crippen LogP contribution in [0, 0.1) is 11.8 Å². The topological polar surface area (TPSA) is 24.9 Å². The highest BCUT2D eigenvalue weighted by atomic mass is 19.4. The van der Waals surface area contributed by atoms with Crippen molar-refractivity contribution < 1.29 is 13.2 Å². The van der Waals surface area contributed by atoms with Crippen molar-refractivity contribution in [2.24, 2.45) is 11.8 Å². The summed E-state index contributed by atoms with van der Waals surface area (Å²) in [6.07, 6.45) is 1.43. The summed E-state index contributed by atoms with van der Waals surface area (Å²) in [4.78, 5) is 3.81. The Hall–Kier alpha value is -1.26. The van der Waals surface area contributed by atoms with E-state index in [2.05, 4.69) is 17.2 Å². The lowest BCUT2D eigenvalue weighted by Gasteiger charge is -2.26. The third-order valence-corrected chi connectivity index (χ3v) is 3.80. The minimum Gasteiger partial charge on any atom is -0.370 e. The number of nitrogens with zero attached hydrogens (tertiary/aromatic N) is 1. The molecule has 0 aromatic carbocycles. The predicted octanol–water partition coefficient (Wildman–Crippen LogP) is 4.34. The van der Waals surface area contributed by atoms with E-state index in [1.807, 2.05) is 0 Å². The lowest BCUT2D eigenvalue weighted by molar-refractivity contribution is -0.137. The quantitative estimate of drug-likeness (QED) is 0.885. The van der Waals surface area contributed by atoms with Crippen LogP contribution in [0.3, 0.4) is 0 Å². The van der Waals surface area contributed by atoms with Crippen LogP contribution in [0.1, 0.15) is 38.2 Å². The van der Waals surface area contributed by atoms with Crippen molar-refractivity contribution in [1.29, 1.82) is 0 Å². The Morgan fingerprint density at radius 1 is 1.21 bits per heavy atom. The number of hydrogen-bond acceptors (Lipinski definition) is 2. The van der Waals surface area contributed by atoms with E-state index in [0.717, 1.165) is 24.7 Å². The van der Waals surface area contributed by atoms with Gasteiger partial charge in [0.15, 0.2) is 0 Å². The Kier molecular flexibility index (Phi) is 4.32. The first-order valence-corrected chi connectivity index (χ1v) is 6.72. The van der Waals surface area contributed by atoms with E-state index in [9.17, 15) is 13.2 Å². The molecule has 5 heteroatoms. The first kappa shape index (κ1) is 14.2. The molecule has 0 saturated heterocycles. The van der Waals surface area contributed by atoms with Crippen molar-refractivity contribution in [2.45, 2.75) is 38.8 Å². The van der Waals surface area contributed by atoms with Gasteiger partial charge in [0.05, 0.1) is 5.56 Å². The van der Waals surface area contributed by atoms with E-state index in [1.165, 1.54) is 31.7 Å². The zero-order valence-electron chi connectivity index (χ0n) is 11.0. The molecule has 2 nitrogen and oxygen atoms in total. The van der Waals surface area contributed by atoms with Gasteiger partial charge in [-0.05, 0) is 36.8 Å². The van der Waals surface area contributed by atoms with E-state index >= 15 is 0 Å². The first-order chi connectivity index (χ1) is 8.95. The van der Waals surface area contributed by atoms with Crippen molar-refractivity contribution in [3.05, 3.63) is 23.9 Å². The third kappa shape index (κ3) is 4.11. The van der Waals surface area contributed by atoms with Gasteiger partial charge in [-0.2, -0.15) is 13.2 Å². The normalized spacial score (nSPS) is 24.2. The summed E-state index contributed by atoms with van der Waals surface area (Å²) in [6, 6.07) is 2.46. The molecule has 1 aromatic heterocycles. The Morgan fingerprint density at radius 3 is 2.42 bits per heavy atom. The Bertz CT molecular complexity index is 392. The maximum atomic E-state index is 12.4. The fourth-order valence-electron chi connectivity index (χ4n) is 2.45. The molecule has 106 valence electrons. The van der Waals surface area contributed by atoms with Gasteiger partial charge in [-0.15, -0.1) is 0 Å². The van der Waals surface area contributed by atoms with Crippen molar-refractivity contribution in [2.75, 3.05) is 11.9 Å². The van der Waals surface area contributed by atoms with Crippen LogP contribution in [-0.2, 0) is 6.18 Å².